The molecule has 8 heteroatoms. The highest BCUT2D eigenvalue weighted by molar-refractivity contribution is 9.10. The third-order valence-electron chi connectivity index (χ3n) is 2.85. The van der Waals surface area contributed by atoms with Crippen LogP contribution in [0.2, 0.25) is 0 Å². The van der Waals surface area contributed by atoms with E-state index in [1.165, 1.54) is 0 Å². The van der Waals surface area contributed by atoms with Gasteiger partial charge in [0.1, 0.15) is 0 Å². The Bertz CT molecular complexity index is 564. The van der Waals surface area contributed by atoms with Crippen LogP contribution in [0.1, 0.15) is 11.1 Å². The Kier molecular flexibility index (Phi) is 7.78. The summed E-state index contributed by atoms with van der Waals surface area (Å²) in [5, 5.41) is 0. The molecule has 1 aromatic rings. The number of hydrogen-bond acceptors (Lipinski definition) is 5. The van der Waals surface area contributed by atoms with Crippen molar-refractivity contribution < 1.29 is 17.9 Å². The third kappa shape index (κ3) is 5.65. The summed E-state index contributed by atoms with van der Waals surface area (Å²) in [6, 6.07) is 3.41. The molecule has 1 aromatic carbocycles. The molecule has 0 aliphatic heterocycles. The highest BCUT2D eigenvalue weighted by atomic mass is 79.9. The van der Waals surface area contributed by atoms with Gasteiger partial charge in [-0.1, -0.05) is 15.9 Å². The minimum atomic E-state index is -3.59. The molecular weight excluding hydrogens is 360 g/mol. The molecule has 0 spiro atoms. The number of nitrogens with one attached hydrogen (secondary N) is 1. The molecule has 1 rings (SSSR count). The van der Waals surface area contributed by atoms with Crippen LogP contribution < -0.4 is 10.5 Å². The highest BCUT2D eigenvalue weighted by Crippen LogP contribution is 2.25. The molecule has 0 unspecified atom stereocenters. The molecule has 120 valence electrons. The number of benzene rings is 1. The molecule has 0 aromatic heterocycles. The van der Waals surface area contributed by atoms with E-state index in [0.717, 1.165) is 10.0 Å². The van der Waals surface area contributed by atoms with E-state index in [0.29, 0.717) is 25.4 Å². The maximum Gasteiger partial charge on any atom is 0.240 e. The molecule has 0 bridgehead atoms. The van der Waals surface area contributed by atoms with Gasteiger partial charge in [0.15, 0.2) is 0 Å². The fourth-order valence-corrected chi connectivity index (χ4v) is 3.64. The van der Waals surface area contributed by atoms with E-state index in [-0.39, 0.29) is 18.0 Å². The van der Waals surface area contributed by atoms with Gasteiger partial charge in [0.05, 0.1) is 24.7 Å². The molecule has 0 fully saturated rings. The zero-order valence-electron chi connectivity index (χ0n) is 12.2. The quantitative estimate of drug-likeness (QED) is 0.627. The molecule has 0 heterocycles. The normalized spacial score (nSPS) is 11.8. The van der Waals surface area contributed by atoms with Crippen LogP contribution in [0.4, 0.5) is 0 Å². The Morgan fingerprint density at radius 3 is 2.62 bits per heavy atom. The molecule has 0 aliphatic carbocycles. The van der Waals surface area contributed by atoms with E-state index in [1.807, 2.05) is 6.07 Å². The predicted octanol–water partition coefficient (Wildman–Crippen LogP) is 1.16. The fourth-order valence-electron chi connectivity index (χ4n) is 1.67. The van der Waals surface area contributed by atoms with E-state index < -0.39 is 10.0 Å². The number of hydrogen-bond donors (Lipinski definition) is 2. The van der Waals surface area contributed by atoms with Gasteiger partial charge < -0.3 is 15.2 Å². The molecule has 0 amide bonds. The lowest BCUT2D eigenvalue weighted by molar-refractivity contribution is 0.0736. The van der Waals surface area contributed by atoms with Gasteiger partial charge >= 0.3 is 0 Å². The Hall–Kier alpha value is -0.510. The summed E-state index contributed by atoms with van der Waals surface area (Å²) in [4.78, 5) is 0.231. The molecule has 0 saturated carbocycles. The second-order valence-corrected chi connectivity index (χ2v) is 7.00. The summed E-state index contributed by atoms with van der Waals surface area (Å²) in [5.74, 6) is 0. The Morgan fingerprint density at radius 2 is 2.00 bits per heavy atom. The van der Waals surface area contributed by atoms with Gasteiger partial charge in [-0.25, -0.2) is 13.1 Å². The minimum Gasteiger partial charge on any atom is -0.382 e. The zero-order chi connectivity index (χ0) is 15.9. The minimum absolute atomic E-state index is 0.204. The van der Waals surface area contributed by atoms with Crippen molar-refractivity contribution in [2.45, 2.75) is 18.4 Å². The molecule has 0 saturated heterocycles. The Labute approximate surface area is 134 Å². The SMILES string of the molecule is COCCOCCNS(=O)(=O)c1cc(CN)cc(Br)c1C. The summed E-state index contributed by atoms with van der Waals surface area (Å²) >= 11 is 3.35. The number of rotatable bonds is 9. The first-order valence-electron chi connectivity index (χ1n) is 6.47. The van der Waals surface area contributed by atoms with Crippen molar-refractivity contribution in [2.75, 3.05) is 33.5 Å². The molecule has 0 aliphatic rings. The van der Waals surface area contributed by atoms with Crippen molar-refractivity contribution in [1.29, 1.82) is 0 Å². The van der Waals surface area contributed by atoms with E-state index in [2.05, 4.69) is 20.7 Å². The van der Waals surface area contributed by atoms with Crippen LogP contribution >= 0.6 is 15.9 Å². The lowest BCUT2D eigenvalue weighted by Gasteiger charge is -2.12. The maximum atomic E-state index is 12.3. The Morgan fingerprint density at radius 1 is 1.29 bits per heavy atom. The van der Waals surface area contributed by atoms with Gasteiger partial charge in [-0.2, -0.15) is 0 Å². The average molecular weight is 381 g/mol. The summed E-state index contributed by atoms with van der Waals surface area (Å²) < 4.78 is 37.9. The van der Waals surface area contributed by atoms with Gasteiger partial charge in [0.25, 0.3) is 0 Å². The van der Waals surface area contributed by atoms with Crippen LogP contribution in [0.5, 0.6) is 0 Å². The van der Waals surface area contributed by atoms with Crippen LogP contribution in [-0.2, 0) is 26.0 Å². The third-order valence-corrected chi connectivity index (χ3v) is 5.26. The molecule has 6 nitrogen and oxygen atoms in total. The van der Waals surface area contributed by atoms with Crippen molar-refractivity contribution in [3.63, 3.8) is 0 Å². The molecule has 0 radical (unpaired) electrons. The molecule has 21 heavy (non-hydrogen) atoms. The number of methoxy groups -OCH3 is 1. The van der Waals surface area contributed by atoms with Crippen molar-refractivity contribution in [1.82, 2.24) is 4.72 Å². The number of ether oxygens (including phenoxy) is 2. The van der Waals surface area contributed by atoms with Gasteiger partial charge in [-0.3, -0.25) is 0 Å². The van der Waals surface area contributed by atoms with E-state index >= 15 is 0 Å². The summed E-state index contributed by atoms with van der Waals surface area (Å²) in [5.41, 5.74) is 6.99. The lowest BCUT2D eigenvalue weighted by atomic mass is 10.1. The van der Waals surface area contributed by atoms with Crippen LogP contribution in [0.25, 0.3) is 0 Å². The van der Waals surface area contributed by atoms with Crippen molar-refractivity contribution in [2.24, 2.45) is 5.73 Å². The number of sulfonamides is 1. The van der Waals surface area contributed by atoms with Crippen LogP contribution in [-0.4, -0.2) is 41.9 Å². The monoisotopic (exact) mass is 380 g/mol. The first kappa shape index (κ1) is 18.5. The van der Waals surface area contributed by atoms with E-state index in [4.69, 9.17) is 15.2 Å². The zero-order valence-corrected chi connectivity index (χ0v) is 14.6. The smallest absolute Gasteiger partial charge is 0.240 e. The fraction of sp³-hybridized carbons (Fsp3) is 0.538. The number of nitrogens with two attached hydrogens (primary N) is 1. The average Bonchev–Trinajstić information content (AvgIpc) is 2.45. The summed E-state index contributed by atoms with van der Waals surface area (Å²) in [6.45, 7) is 3.44. The molecular formula is C13H21BrN2O4S. The second kappa shape index (κ2) is 8.82. The highest BCUT2D eigenvalue weighted by Gasteiger charge is 2.18. The topological polar surface area (TPSA) is 90.6 Å². The van der Waals surface area contributed by atoms with Crippen LogP contribution in [0.15, 0.2) is 21.5 Å². The van der Waals surface area contributed by atoms with E-state index in [9.17, 15) is 8.42 Å². The van der Waals surface area contributed by atoms with Crippen molar-refractivity contribution >= 4 is 26.0 Å². The van der Waals surface area contributed by atoms with Crippen molar-refractivity contribution in [3.05, 3.63) is 27.7 Å². The van der Waals surface area contributed by atoms with E-state index in [1.54, 1.807) is 20.1 Å². The summed E-state index contributed by atoms with van der Waals surface area (Å²) in [6.07, 6.45) is 0. The van der Waals surface area contributed by atoms with Crippen LogP contribution in [0, 0.1) is 6.92 Å². The maximum absolute atomic E-state index is 12.3. The largest absolute Gasteiger partial charge is 0.382 e. The van der Waals surface area contributed by atoms with Crippen LogP contribution in [0.3, 0.4) is 0 Å². The van der Waals surface area contributed by atoms with Gasteiger partial charge in [-0.05, 0) is 30.2 Å². The lowest BCUT2D eigenvalue weighted by Crippen LogP contribution is -2.28. The first-order valence-corrected chi connectivity index (χ1v) is 8.75. The van der Waals surface area contributed by atoms with Gasteiger partial charge in [0.2, 0.25) is 10.0 Å². The Balaban J connectivity index is 2.72. The van der Waals surface area contributed by atoms with Gasteiger partial charge in [0, 0.05) is 24.7 Å². The predicted molar refractivity (Wildman–Crippen MR) is 84.7 cm³/mol. The standard InChI is InChI=1S/C13H21BrN2O4S/c1-10-12(14)7-11(9-15)8-13(10)21(17,18)16-3-4-20-6-5-19-2/h7-8,16H,3-6,9,15H2,1-2H3. The summed E-state index contributed by atoms with van der Waals surface area (Å²) in [7, 11) is -2.01. The first-order chi connectivity index (χ1) is 9.92. The second-order valence-electron chi connectivity index (χ2n) is 4.41. The molecule has 3 N–H and O–H groups in total. The molecule has 0 atom stereocenters. The van der Waals surface area contributed by atoms with Gasteiger partial charge in [-0.15, -0.1) is 0 Å². The number of halogens is 1. The van der Waals surface area contributed by atoms with Crippen molar-refractivity contribution in [3.8, 4) is 0 Å².